The Hall–Kier alpha value is -4.39. The molecule has 0 spiro atoms. The van der Waals surface area contributed by atoms with Gasteiger partial charge in [-0.2, -0.15) is 0 Å². The third-order valence-corrected chi connectivity index (χ3v) is 4.96. The minimum atomic E-state index is -0.308. The van der Waals surface area contributed by atoms with E-state index in [4.69, 9.17) is 18.9 Å². The molecule has 1 amide bonds. The highest BCUT2D eigenvalue weighted by atomic mass is 16.5. The topological polar surface area (TPSA) is 86.3 Å². The van der Waals surface area contributed by atoms with Crippen molar-refractivity contribution in [2.45, 2.75) is 0 Å². The lowest BCUT2D eigenvalue weighted by Gasteiger charge is -2.13. The lowest BCUT2D eigenvalue weighted by atomic mass is 10.1. The van der Waals surface area contributed by atoms with Crippen LogP contribution < -0.4 is 24.3 Å². The number of phenolic OH excluding ortho intramolecular Hbond substituents is 1. The zero-order chi connectivity index (χ0) is 24.5. The van der Waals surface area contributed by atoms with Crippen molar-refractivity contribution in [3.63, 3.8) is 0 Å². The van der Waals surface area contributed by atoms with Crippen LogP contribution in [0.1, 0.15) is 16.7 Å². The maximum absolute atomic E-state index is 12.5. The van der Waals surface area contributed by atoms with Crippen molar-refractivity contribution < 1.29 is 28.8 Å². The summed E-state index contributed by atoms with van der Waals surface area (Å²) in [5.74, 6) is 2.04. The highest BCUT2D eigenvalue weighted by molar-refractivity contribution is 6.03. The number of aromatic hydroxyl groups is 1. The Morgan fingerprint density at radius 3 is 1.88 bits per heavy atom. The van der Waals surface area contributed by atoms with Crippen molar-refractivity contribution in [3.05, 3.63) is 77.4 Å². The number of anilines is 1. The van der Waals surface area contributed by atoms with Crippen molar-refractivity contribution in [3.8, 4) is 28.7 Å². The number of hydrogen-bond donors (Lipinski definition) is 2. The molecule has 0 saturated heterocycles. The van der Waals surface area contributed by atoms with Gasteiger partial charge in [-0.05, 0) is 59.2 Å². The van der Waals surface area contributed by atoms with Crippen LogP contribution in [0.15, 0.2) is 60.7 Å². The summed E-state index contributed by atoms with van der Waals surface area (Å²) in [5.41, 5.74) is 3.04. The van der Waals surface area contributed by atoms with Crippen LogP contribution in [0.4, 0.5) is 5.69 Å². The van der Waals surface area contributed by atoms with Gasteiger partial charge in [0, 0.05) is 6.08 Å². The molecule has 0 atom stereocenters. The van der Waals surface area contributed by atoms with Gasteiger partial charge in [-0.3, -0.25) is 4.79 Å². The maximum Gasteiger partial charge on any atom is 0.248 e. The van der Waals surface area contributed by atoms with Gasteiger partial charge in [0.05, 0.1) is 34.1 Å². The number of ether oxygens (including phenoxy) is 4. The predicted octanol–water partition coefficient (Wildman–Crippen LogP) is 5.25. The third-order valence-electron chi connectivity index (χ3n) is 4.96. The molecule has 0 bridgehead atoms. The van der Waals surface area contributed by atoms with E-state index in [9.17, 15) is 9.90 Å². The largest absolute Gasteiger partial charge is 0.508 e. The van der Waals surface area contributed by atoms with E-state index in [1.54, 1.807) is 64.8 Å². The SMILES string of the molecule is COc1ccc(C=Cc2cc(OC)c(OC)c(OC)c2)cc1NC(=O)/C=C/c1ccc(O)cc1. The van der Waals surface area contributed by atoms with E-state index >= 15 is 0 Å². The van der Waals surface area contributed by atoms with Gasteiger partial charge >= 0.3 is 0 Å². The minimum Gasteiger partial charge on any atom is -0.508 e. The smallest absolute Gasteiger partial charge is 0.248 e. The summed E-state index contributed by atoms with van der Waals surface area (Å²) in [6, 6.07) is 15.7. The molecule has 7 nitrogen and oxygen atoms in total. The summed E-state index contributed by atoms with van der Waals surface area (Å²) in [6.45, 7) is 0. The highest BCUT2D eigenvalue weighted by Gasteiger charge is 2.12. The standard InChI is InChI=1S/C27H27NO6/c1-31-23-13-9-19(5-6-20-16-24(32-2)27(34-4)25(17-20)33-3)15-22(23)28-26(30)14-10-18-7-11-21(29)12-8-18/h5-17,29H,1-4H3,(H,28,30)/b6-5?,14-10+. The number of methoxy groups -OCH3 is 4. The summed E-state index contributed by atoms with van der Waals surface area (Å²) in [6.07, 6.45) is 6.89. The molecule has 0 fully saturated rings. The molecular formula is C27H27NO6. The first-order chi connectivity index (χ1) is 16.5. The third kappa shape index (κ3) is 6.10. The predicted molar refractivity (Wildman–Crippen MR) is 134 cm³/mol. The molecule has 0 radical (unpaired) electrons. The summed E-state index contributed by atoms with van der Waals surface area (Å²) in [4.78, 5) is 12.5. The molecule has 2 N–H and O–H groups in total. The van der Waals surface area contributed by atoms with Crippen LogP contribution in [-0.4, -0.2) is 39.5 Å². The molecular weight excluding hydrogens is 434 g/mol. The Morgan fingerprint density at radius 1 is 0.706 bits per heavy atom. The molecule has 0 heterocycles. The number of carbonyl (C=O) groups is 1. The average molecular weight is 462 g/mol. The van der Waals surface area contributed by atoms with Crippen molar-refractivity contribution in [2.24, 2.45) is 0 Å². The molecule has 0 saturated carbocycles. The number of amides is 1. The van der Waals surface area contributed by atoms with Gasteiger partial charge in [0.25, 0.3) is 0 Å². The number of nitrogens with one attached hydrogen (secondary N) is 1. The Morgan fingerprint density at radius 2 is 1.29 bits per heavy atom. The Labute approximate surface area is 198 Å². The Kier molecular flexibility index (Phi) is 8.18. The molecule has 34 heavy (non-hydrogen) atoms. The first-order valence-corrected chi connectivity index (χ1v) is 10.4. The molecule has 0 aromatic heterocycles. The normalized spacial score (nSPS) is 10.9. The zero-order valence-electron chi connectivity index (χ0n) is 19.5. The minimum absolute atomic E-state index is 0.169. The van der Waals surface area contributed by atoms with Gasteiger partial charge in [-0.15, -0.1) is 0 Å². The van der Waals surface area contributed by atoms with E-state index < -0.39 is 0 Å². The van der Waals surface area contributed by atoms with Gasteiger partial charge in [0.15, 0.2) is 11.5 Å². The van der Waals surface area contributed by atoms with Crippen molar-refractivity contribution in [1.82, 2.24) is 0 Å². The van der Waals surface area contributed by atoms with E-state index in [1.807, 2.05) is 36.4 Å². The molecule has 0 aliphatic heterocycles. The average Bonchev–Trinajstić information content (AvgIpc) is 2.86. The zero-order valence-corrected chi connectivity index (χ0v) is 19.5. The maximum atomic E-state index is 12.5. The van der Waals surface area contributed by atoms with Crippen LogP contribution in [0.3, 0.4) is 0 Å². The van der Waals surface area contributed by atoms with E-state index in [-0.39, 0.29) is 11.7 Å². The molecule has 0 aliphatic carbocycles. The molecule has 0 unspecified atom stereocenters. The molecule has 3 aromatic rings. The lowest BCUT2D eigenvalue weighted by molar-refractivity contribution is -0.111. The quantitative estimate of drug-likeness (QED) is 0.334. The molecule has 3 rings (SSSR count). The van der Waals surface area contributed by atoms with E-state index in [1.165, 1.54) is 6.08 Å². The second-order valence-corrected chi connectivity index (χ2v) is 7.17. The van der Waals surface area contributed by atoms with Gasteiger partial charge < -0.3 is 29.4 Å². The Bertz CT molecular complexity index is 1170. The first kappa shape index (κ1) is 24.3. The molecule has 3 aromatic carbocycles. The number of benzene rings is 3. The fraction of sp³-hybridized carbons (Fsp3) is 0.148. The Balaban J connectivity index is 1.80. The second kappa shape index (κ2) is 11.5. The monoisotopic (exact) mass is 461 g/mol. The van der Waals surface area contributed by atoms with Crippen LogP contribution in [0.2, 0.25) is 0 Å². The van der Waals surface area contributed by atoms with E-state index in [2.05, 4.69) is 5.32 Å². The molecule has 176 valence electrons. The summed E-state index contributed by atoms with van der Waals surface area (Å²) >= 11 is 0. The summed E-state index contributed by atoms with van der Waals surface area (Å²) in [7, 11) is 6.24. The number of carbonyl (C=O) groups excluding carboxylic acids is 1. The van der Waals surface area contributed by atoms with Crippen LogP contribution >= 0.6 is 0 Å². The van der Waals surface area contributed by atoms with Crippen molar-refractivity contribution in [2.75, 3.05) is 33.8 Å². The summed E-state index contributed by atoms with van der Waals surface area (Å²) in [5, 5.41) is 12.2. The van der Waals surface area contributed by atoms with E-state index in [0.717, 1.165) is 16.7 Å². The molecule has 0 aliphatic rings. The van der Waals surface area contributed by atoms with Crippen LogP contribution in [0.25, 0.3) is 18.2 Å². The van der Waals surface area contributed by atoms with Crippen LogP contribution in [0, 0.1) is 0 Å². The first-order valence-electron chi connectivity index (χ1n) is 10.4. The van der Waals surface area contributed by atoms with Gasteiger partial charge in [-0.25, -0.2) is 0 Å². The van der Waals surface area contributed by atoms with Crippen LogP contribution in [-0.2, 0) is 4.79 Å². The van der Waals surface area contributed by atoms with E-state index in [0.29, 0.717) is 28.7 Å². The fourth-order valence-corrected chi connectivity index (χ4v) is 3.25. The van der Waals surface area contributed by atoms with Crippen molar-refractivity contribution >= 4 is 29.8 Å². The van der Waals surface area contributed by atoms with Gasteiger partial charge in [0.2, 0.25) is 11.7 Å². The van der Waals surface area contributed by atoms with Crippen LogP contribution in [0.5, 0.6) is 28.7 Å². The number of hydrogen-bond acceptors (Lipinski definition) is 6. The number of rotatable bonds is 9. The second-order valence-electron chi connectivity index (χ2n) is 7.17. The van der Waals surface area contributed by atoms with Gasteiger partial charge in [-0.1, -0.05) is 30.4 Å². The number of phenols is 1. The lowest BCUT2D eigenvalue weighted by Crippen LogP contribution is -2.09. The van der Waals surface area contributed by atoms with Crippen molar-refractivity contribution in [1.29, 1.82) is 0 Å². The highest BCUT2D eigenvalue weighted by Crippen LogP contribution is 2.38. The van der Waals surface area contributed by atoms with Gasteiger partial charge in [0.1, 0.15) is 11.5 Å². The summed E-state index contributed by atoms with van der Waals surface area (Å²) < 4.78 is 21.6. The fourth-order valence-electron chi connectivity index (χ4n) is 3.25. The molecule has 7 heteroatoms.